The second-order valence-corrected chi connectivity index (χ2v) is 7.74. The van der Waals surface area contributed by atoms with Crippen LogP contribution in [0.15, 0.2) is 36.1 Å². The van der Waals surface area contributed by atoms with Crippen LogP contribution in [-0.4, -0.2) is 42.2 Å². The third kappa shape index (κ3) is 2.23. The molecule has 4 heterocycles. The van der Waals surface area contributed by atoms with Crippen LogP contribution >= 0.6 is 0 Å². The molecule has 0 amide bonds. The number of hydrogen-bond donors (Lipinski definition) is 1. The number of nitrogens with one attached hydrogen (secondary N) is 1. The largest absolute Gasteiger partial charge is 0.497 e. The summed E-state index contributed by atoms with van der Waals surface area (Å²) in [5.74, 6) is 0.258. The molecule has 1 unspecified atom stereocenters. The van der Waals surface area contributed by atoms with Crippen molar-refractivity contribution < 1.29 is 15.7 Å². The van der Waals surface area contributed by atoms with Crippen LogP contribution in [0.5, 0.6) is 0 Å². The maximum atomic E-state index is 12.3. The van der Waals surface area contributed by atoms with Crippen LogP contribution in [0.2, 0.25) is 0 Å². The number of benzene rings is 1. The number of carbonyl (C=O) groups is 1. The number of rotatable bonds is 1. The van der Waals surface area contributed by atoms with Crippen LogP contribution in [-0.2, 0) is 20.7 Å². The van der Waals surface area contributed by atoms with Gasteiger partial charge >= 0.3 is 5.97 Å². The Hall–Kier alpha value is -2.27. The molecule has 1 aromatic heterocycles. The third-order valence-electron chi connectivity index (χ3n) is 6.54. The molecule has 1 saturated heterocycles. The van der Waals surface area contributed by atoms with Gasteiger partial charge in [0.05, 0.1) is 31.1 Å². The van der Waals surface area contributed by atoms with Crippen molar-refractivity contribution in [3.8, 4) is 0 Å². The zero-order valence-electron chi connectivity index (χ0n) is 15.2. The van der Waals surface area contributed by atoms with Gasteiger partial charge in [-0.3, -0.25) is 4.90 Å². The van der Waals surface area contributed by atoms with Gasteiger partial charge in [-0.1, -0.05) is 18.2 Å². The van der Waals surface area contributed by atoms with E-state index in [-0.39, 0.29) is 19.4 Å². The molecule has 138 valence electrons. The molecule has 0 bridgehead atoms. The normalized spacial score (nSPS) is 30.6. The topological polar surface area (TPSA) is 54.6 Å². The molecule has 26 heavy (non-hydrogen) atoms. The van der Waals surface area contributed by atoms with E-state index in [0.29, 0.717) is 17.5 Å². The van der Waals surface area contributed by atoms with Crippen molar-refractivity contribution >= 4 is 16.9 Å². The molecule has 3 aliphatic heterocycles. The van der Waals surface area contributed by atoms with Crippen molar-refractivity contribution in [1.82, 2.24) is 9.88 Å². The van der Waals surface area contributed by atoms with Gasteiger partial charge in [0.1, 0.15) is 0 Å². The Morgan fingerprint density at radius 3 is 3.08 bits per heavy atom. The number of para-hydroxylation sites is 1. The minimum absolute atomic E-state index is 0. The monoisotopic (exact) mass is 354 g/mol. The summed E-state index contributed by atoms with van der Waals surface area (Å²) in [4.78, 5) is 18.5. The predicted molar refractivity (Wildman–Crippen MR) is 101 cm³/mol. The minimum atomic E-state index is -0.256. The number of piperidine rings is 1. The van der Waals surface area contributed by atoms with Gasteiger partial charge in [0.2, 0.25) is 0 Å². The lowest BCUT2D eigenvalue weighted by Gasteiger charge is -2.49. The third-order valence-corrected chi connectivity index (χ3v) is 6.54. The summed E-state index contributed by atoms with van der Waals surface area (Å²) in [6, 6.07) is 8.88. The fraction of sp³-hybridized carbons (Fsp3) is 0.476. The molecule has 1 aromatic carbocycles. The predicted octanol–water partition coefficient (Wildman–Crippen LogP) is 3.42. The van der Waals surface area contributed by atoms with Crippen LogP contribution in [0.25, 0.3) is 10.9 Å². The highest BCUT2D eigenvalue weighted by atomic mass is 16.5. The SMILES string of the molecule is COC(=O)C1=CO[C@H](C)[C@H]2CN3CCc4c([nH]c5ccccc45)[C@H]3CC12.[HH]. The molecule has 5 nitrogen and oxygen atoms in total. The van der Waals surface area contributed by atoms with Gasteiger partial charge in [-0.2, -0.15) is 0 Å². The maximum Gasteiger partial charge on any atom is 0.337 e. The van der Waals surface area contributed by atoms with Crippen molar-refractivity contribution in [3.63, 3.8) is 0 Å². The first kappa shape index (κ1) is 15.9. The molecule has 0 aliphatic carbocycles. The molecule has 1 fully saturated rings. The van der Waals surface area contributed by atoms with Gasteiger partial charge in [-0.25, -0.2) is 4.79 Å². The molecule has 5 rings (SSSR count). The summed E-state index contributed by atoms with van der Waals surface area (Å²) in [5, 5.41) is 1.34. The first-order valence-electron chi connectivity index (χ1n) is 9.44. The number of nitrogens with zero attached hydrogens (tertiary/aromatic N) is 1. The number of carbonyl (C=O) groups excluding carboxylic acids is 1. The lowest BCUT2D eigenvalue weighted by Crippen LogP contribution is -2.51. The van der Waals surface area contributed by atoms with Gasteiger partial charge < -0.3 is 14.5 Å². The highest BCUT2D eigenvalue weighted by Gasteiger charge is 2.46. The standard InChI is InChI=1S/C21H24N2O3.H2/c1-12-16-10-23-8-7-14-13-5-3-4-6-18(13)22-20(14)19(23)9-15(16)17(11-26-12)21(24)25-2;/h3-6,11-12,15-16,19,22H,7-10H2,1-2H3;1H/t12-,15?,16-,19-;/m1./s1. The van der Waals surface area contributed by atoms with Crippen LogP contribution in [0, 0.1) is 11.8 Å². The molecular weight excluding hydrogens is 328 g/mol. The smallest absolute Gasteiger partial charge is 0.337 e. The van der Waals surface area contributed by atoms with E-state index in [9.17, 15) is 4.79 Å². The highest BCUT2D eigenvalue weighted by Crippen LogP contribution is 2.47. The molecule has 4 atom stereocenters. The first-order chi connectivity index (χ1) is 12.7. The average Bonchev–Trinajstić information content (AvgIpc) is 3.06. The molecule has 0 radical (unpaired) electrons. The molecule has 0 saturated carbocycles. The number of aromatic nitrogens is 1. The van der Waals surface area contributed by atoms with E-state index in [1.165, 1.54) is 29.3 Å². The van der Waals surface area contributed by atoms with E-state index in [1.807, 2.05) is 0 Å². The Balaban J connectivity index is 0.00000180. The van der Waals surface area contributed by atoms with E-state index in [0.717, 1.165) is 25.9 Å². The Kier molecular flexibility index (Phi) is 3.60. The fourth-order valence-corrected chi connectivity index (χ4v) is 5.19. The summed E-state index contributed by atoms with van der Waals surface area (Å²) in [7, 11) is 1.45. The first-order valence-corrected chi connectivity index (χ1v) is 9.44. The lowest BCUT2D eigenvalue weighted by atomic mass is 9.72. The van der Waals surface area contributed by atoms with Crippen molar-refractivity contribution in [2.24, 2.45) is 11.8 Å². The van der Waals surface area contributed by atoms with Gasteiger partial charge in [0, 0.05) is 42.9 Å². The molecular formula is C21H26N2O3. The Bertz CT molecular complexity index is 906. The van der Waals surface area contributed by atoms with E-state index in [4.69, 9.17) is 9.47 Å². The van der Waals surface area contributed by atoms with Crippen LogP contribution in [0.1, 0.15) is 32.1 Å². The Labute approximate surface area is 154 Å². The number of aromatic amines is 1. The Morgan fingerprint density at radius 1 is 1.38 bits per heavy atom. The van der Waals surface area contributed by atoms with Crippen LogP contribution < -0.4 is 0 Å². The quantitative estimate of drug-likeness (QED) is 0.797. The summed E-state index contributed by atoms with van der Waals surface area (Å²) < 4.78 is 10.8. The van der Waals surface area contributed by atoms with Gasteiger partial charge in [-0.05, 0) is 31.4 Å². The average molecular weight is 354 g/mol. The van der Waals surface area contributed by atoms with Crippen LogP contribution in [0.3, 0.4) is 0 Å². The van der Waals surface area contributed by atoms with Gasteiger partial charge in [-0.15, -0.1) is 0 Å². The van der Waals surface area contributed by atoms with E-state index < -0.39 is 0 Å². The fourth-order valence-electron chi connectivity index (χ4n) is 5.19. The van der Waals surface area contributed by atoms with E-state index >= 15 is 0 Å². The summed E-state index contributed by atoms with van der Waals surface area (Å²) in [6.45, 7) is 4.13. The highest BCUT2D eigenvalue weighted by molar-refractivity contribution is 5.89. The minimum Gasteiger partial charge on any atom is -0.497 e. The van der Waals surface area contributed by atoms with Crippen molar-refractivity contribution in [3.05, 3.63) is 47.4 Å². The van der Waals surface area contributed by atoms with Gasteiger partial charge in [0.25, 0.3) is 0 Å². The number of esters is 1. The summed E-state index contributed by atoms with van der Waals surface area (Å²) >= 11 is 0. The van der Waals surface area contributed by atoms with Crippen molar-refractivity contribution in [2.45, 2.75) is 31.9 Å². The number of ether oxygens (including phenoxy) is 2. The Morgan fingerprint density at radius 2 is 2.23 bits per heavy atom. The van der Waals surface area contributed by atoms with Crippen molar-refractivity contribution in [1.29, 1.82) is 0 Å². The zero-order chi connectivity index (χ0) is 17.8. The van der Waals surface area contributed by atoms with E-state index in [1.54, 1.807) is 6.26 Å². The van der Waals surface area contributed by atoms with E-state index in [2.05, 4.69) is 41.1 Å². The molecule has 5 heteroatoms. The number of H-pyrrole nitrogens is 1. The van der Waals surface area contributed by atoms with Crippen molar-refractivity contribution in [2.75, 3.05) is 20.2 Å². The summed E-state index contributed by atoms with van der Waals surface area (Å²) in [6.07, 6.45) is 3.77. The second kappa shape index (κ2) is 5.88. The van der Waals surface area contributed by atoms with Gasteiger partial charge in [0.15, 0.2) is 0 Å². The van der Waals surface area contributed by atoms with Crippen LogP contribution in [0.4, 0.5) is 0 Å². The maximum absolute atomic E-state index is 12.3. The molecule has 2 aromatic rings. The second-order valence-electron chi connectivity index (χ2n) is 7.74. The number of hydrogen-bond acceptors (Lipinski definition) is 4. The summed E-state index contributed by atoms with van der Waals surface area (Å²) in [5.41, 5.74) is 4.69. The molecule has 3 aliphatic rings. The molecule has 0 spiro atoms. The number of methoxy groups -OCH3 is 1. The number of fused-ring (bicyclic) bond motifs is 6. The molecule has 1 N–H and O–H groups in total. The zero-order valence-corrected chi connectivity index (χ0v) is 15.2. The lowest BCUT2D eigenvalue weighted by molar-refractivity contribution is -0.139.